The SMILES string of the molecule is CC(C)(C)c1ccc2c(n1)N1C[C@@H](CCCn3ccc4ccc(cc43)S(=O)(=O)NC2=O)CC1(C)C. The molecule has 8 heteroatoms. The number of sulfonamides is 1. The molecule has 7 nitrogen and oxygen atoms in total. The quantitative estimate of drug-likeness (QED) is 0.483. The first-order valence-corrected chi connectivity index (χ1v) is 13.8. The van der Waals surface area contributed by atoms with Crippen LogP contribution in [0.5, 0.6) is 0 Å². The Hall–Kier alpha value is -2.87. The van der Waals surface area contributed by atoms with Crippen molar-refractivity contribution in [3.63, 3.8) is 0 Å². The van der Waals surface area contributed by atoms with Gasteiger partial charge in [0.25, 0.3) is 15.9 Å². The molecule has 5 rings (SSSR count). The number of rotatable bonds is 0. The highest BCUT2D eigenvalue weighted by Gasteiger charge is 2.41. The van der Waals surface area contributed by atoms with Gasteiger partial charge in [-0.3, -0.25) is 4.79 Å². The van der Waals surface area contributed by atoms with Crippen LogP contribution in [0.25, 0.3) is 10.9 Å². The maximum Gasteiger partial charge on any atom is 0.268 e. The molecule has 0 saturated carbocycles. The highest BCUT2D eigenvalue weighted by molar-refractivity contribution is 7.90. The zero-order chi connectivity index (χ0) is 25.2. The van der Waals surface area contributed by atoms with Gasteiger partial charge >= 0.3 is 0 Å². The lowest BCUT2D eigenvalue weighted by Gasteiger charge is -2.34. The van der Waals surface area contributed by atoms with Crippen molar-refractivity contribution in [2.24, 2.45) is 5.92 Å². The molecule has 2 aliphatic heterocycles. The van der Waals surface area contributed by atoms with Crippen LogP contribution in [0.15, 0.2) is 47.5 Å². The van der Waals surface area contributed by atoms with Crippen LogP contribution in [-0.4, -0.2) is 36.0 Å². The summed E-state index contributed by atoms with van der Waals surface area (Å²) in [5, 5.41) is 0.983. The third-order valence-corrected chi connectivity index (χ3v) is 8.73. The van der Waals surface area contributed by atoms with E-state index in [2.05, 4.69) is 48.8 Å². The zero-order valence-corrected chi connectivity index (χ0v) is 21.9. The van der Waals surface area contributed by atoms with Crippen LogP contribution in [0.2, 0.25) is 0 Å². The van der Waals surface area contributed by atoms with Gasteiger partial charge in [-0.1, -0.05) is 26.8 Å². The molecule has 1 atom stereocenters. The summed E-state index contributed by atoms with van der Waals surface area (Å²) in [6.45, 7) is 12.2. The Balaban J connectivity index is 1.66. The monoisotopic (exact) mass is 494 g/mol. The summed E-state index contributed by atoms with van der Waals surface area (Å²) in [5.74, 6) is 0.374. The molecule has 2 aliphatic rings. The minimum absolute atomic E-state index is 0.0798. The molecule has 0 unspecified atom stereocenters. The van der Waals surface area contributed by atoms with E-state index < -0.39 is 15.9 Å². The van der Waals surface area contributed by atoms with Crippen molar-refractivity contribution in [2.45, 2.75) is 76.3 Å². The van der Waals surface area contributed by atoms with E-state index >= 15 is 0 Å². The number of aromatic nitrogens is 2. The van der Waals surface area contributed by atoms with Crippen LogP contribution in [0.1, 0.15) is 69.9 Å². The molecule has 1 N–H and O–H groups in total. The normalized spacial score (nSPS) is 21.9. The molecule has 4 heterocycles. The number of anilines is 1. The van der Waals surface area contributed by atoms with Crippen LogP contribution in [0.4, 0.5) is 5.82 Å². The van der Waals surface area contributed by atoms with E-state index in [4.69, 9.17) is 4.98 Å². The predicted octanol–water partition coefficient (Wildman–Crippen LogP) is 4.85. The Bertz CT molecular complexity index is 1420. The van der Waals surface area contributed by atoms with Crippen molar-refractivity contribution >= 4 is 32.7 Å². The Labute approximate surface area is 207 Å². The fourth-order valence-corrected chi connectivity index (χ4v) is 6.50. The third-order valence-electron chi connectivity index (χ3n) is 7.40. The number of hydrogen-bond acceptors (Lipinski definition) is 5. The number of fused-ring (bicyclic) bond motifs is 5. The summed E-state index contributed by atoms with van der Waals surface area (Å²) in [5.41, 5.74) is 1.61. The van der Waals surface area contributed by atoms with Crippen LogP contribution in [0.3, 0.4) is 0 Å². The Morgan fingerprint density at radius 2 is 1.89 bits per heavy atom. The lowest BCUT2D eigenvalue weighted by molar-refractivity contribution is 0.0981. The molecule has 186 valence electrons. The van der Waals surface area contributed by atoms with Gasteiger partial charge in [-0.2, -0.15) is 0 Å². The van der Waals surface area contributed by atoms with Crippen molar-refractivity contribution in [3.05, 3.63) is 53.9 Å². The van der Waals surface area contributed by atoms with Gasteiger partial charge in [0.2, 0.25) is 0 Å². The van der Waals surface area contributed by atoms with E-state index in [-0.39, 0.29) is 21.4 Å². The number of aryl methyl sites for hydroxylation is 1. The highest BCUT2D eigenvalue weighted by atomic mass is 32.2. The van der Waals surface area contributed by atoms with Gasteiger partial charge in [-0.25, -0.2) is 18.1 Å². The van der Waals surface area contributed by atoms with E-state index in [9.17, 15) is 13.2 Å². The van der Waals surface area contributed by atoms with Crippen LogP contribution < -0.4 is 9.62 Å². The fraction of sp³-hybridized carbons (Fsp3) is 0.481. The Kier molecular flexibility index (Phi) is 5.51. The lowest BCUT2D eigenvalue weighted by atomic mass is 9.91. The highest BCUT2D eigenvalue weighted by Crippen LogP contribution is 2.40. The van der Waals surface area contributed by atoms with E-state index in [1.165, 1.54) is 0 Å². The number of pyridine rings is 1. The van der Waals surface area contributed by atoms with Crippen LogP contribution >= 0.6 is 0 Å². The number of hydrogen-bond donors (Lipinski definition) is 1. The molecule has 1 fully saturated rings. The summed E-state index contributed by atoms with van der Waals surface area (Å²) in [6.07, 6.45) is 5.05. The molecule has 1 amide bonds. The summed E-state index contributed by atoms with van der Waals surface area (Å²) in [6, 6.07) is 10.6. The summed E-state index contributed by atoms with van der Waals surface area (Å²) < 4.78 is 31.0. The van der Waals surface area contributed by atoms with Gasteiger partial charge in [0.05, 0.1) is 10.5 Å². The van der Waals surface area contributed by atoms with Crippen molar-refractivity contribution in [1.82, 2.24) is 14.3 Å². The van der Waals surface area contributed by atoms with E-state index in [0.29, 0.717) is 11.7 Å². The topological polar surface area (TPSA) is 84.3 Å². The molecular weight excluding hydrogens is 460 g/mol. The van der Waals surface area contributed by atoms with Crippen molar-refractivity contribution in [3.8, 4) is 0 Å². The number of carbonyl (C=O) groups excluding carboxylic acids is 1. The summed E-state index contributed by atoms with van der Waals surface area (Å²) in [4.78, 5) is 20.7. The summed E-state index contributed by atoms with van der Waals surface area (Å²) >= 11 is 0. The number of amides is 1. The summed E-state index contributed by atoms with van der Waals surface area (Å²) in [7, 11) is -4.07. The first-order chi connectivity index (χ1) is 16.3. The van der Waals surface area contributed by atoms with Gasteiger partial charge in [0, 0.05) is 41.5 Å². The molecule has 0 radical (unpaired) electrons. The molecule has 3 aromatic rings. The van der Waals surface area contributed by atoms with Gasteiger partial charge in [-0.15, -0.1) is 0 Å². The molecule has 35 heavy (non-hydrogen) atoms. The molecular formula is C27H34N4O3S. The second kappa shape index (κ2) is 8.08. The number of nitrogens with zero attached hydrogens (tertiary/aromatic N) is 3. The standard InChI is InChI=1S/C27H34N4O3S/c1-26(2,3)23-11-10-21-24(28-23)31-17-18(16-27(31,4)5)7-6-13-30-14-12-19-8-9-20(15-22(19)30)35(33,34)29-25(21)32/h8-12,14-15,18H,6-7,13,16-17H2,1-5H3,(H,29,32)/t18-/m0/s1. The van der Waals surface area contributed by atoms with Gasteiger partial charge < -0.3 is 9.47 Å². The predicted molar refractivity (Wildman–Crippen MR) is 138 cm³/mol. The molecule has 1 aromatic carbocycles. The maximum absolute atomic E-state index is 13.5. The Morgan fingerprint density at radius 3 is 2.63 bits per heavy atom. The largest absolute Gasteiger partial charge is 0.351 e. The third kappa shape index (κ3) is 4.33. The van der Waals surface area contributed by atoms with E-state index in [0.717, 1.165) is 48.9 Å². The van der Waals surface area contributed by atoms with Crippen LogP contribution in [0, 0.1) is 5.92 Å². The number of carbonyl (C=O) groups is 1. The van der Waals surface area contributed by atoms with E-state index in [1.807, 2.05) is 18.3 Å². The molecule has 1 saturated heterocycles. The minimum Gasteiger partial charge on any atom is -0.351 e. The Morgan fingerprint density at radius 1 is 1.11 bits per heavy atom. The van der Waals surface area contributed by atoms with Gasteiger partial charge in [0.15, 0.2) is 0 Å². The van der Waals surface area contributed by atoms with Crippen molar-refractivity contribution < 1.29 is 13.2 Å². The van der Waals surface area contributed by atoms with Gasteiger partial charge in [-0.05, 0) is 74.7 Å². The molecule has 0 aliphatic carbocycles. The zero-order valence-electron chi connectivity index (χ0n) is 21.1. The smallest absolute Gasteiger partial charge is 0.268 e. The average molecular weight is 495 g/mol. The average Bonchev–Trinajstić information content (AvgIpc) is 3.31. The maximum atomic E-state index is 13.5. The van der Waals surface area contributed by atoms with E-state index in [1.54, 1.807) is 24.3 Å². The fourth-order valence-electron chi connectivity index (χ4n) is 5.51. The lowest BCUT2D eigenvalue weighted by Crippen LogP contribution is -2.41. The molecule has 0 spiro atoms. The molecule has 2 aromatic heterocycles. The van der Waals surface area contributed by atoms with Crippen LogP contribution in [-0.2, 0) is 22.0 Å². The second-order valence-corrected chi connectivity index (χ2v) is 13.3. The van der Waals surface area contributed by atoms with Crippen molar-refractivity contribution in [2.75, 3.05) is 11.4 Å². The number of nitrogens with one attached hydrogen (secondary N) is 1. The number of benzene rings is 1. The van der Waals surface area contributed by atoms with Crippen molar-refractivity contribution in [1.29, 1.82) is 0 Å². The first-order valence-electron chi connectivity index (χ1n) is 12.3. The molecule has 4 bridgehead atoms. The first kappa shape index (κ1) is 23.9. The van der Waals surface area contributed by atoms with Gasteiger partial charge in [0.1, 0.15) is 5.82 Å². The second-order valence-electron chi connectivity index (χ2n) is 11.6. The minimum atomic E-state index is -4.07.